The SMILES string of the molecule is Cc1cc(C(=O)O)nn1COc1ccccc1. The molecule has 0 saturated carbocycles. The van der Waals surface area contributed by atoms with Gasteiger partial charge in [0.15, 0.2) is 12.4 Å². The second-order valence-corrected chi connectivity index (χ2v) is 3.56. The Morgan fingerprint density at radius 3 is 2.71 bits per heavy atom. The summed E-state index contributed by atoms with van der Waals surface area (Å²) in [7, 11) is 0. The first-order chi connectivity index (χ1) is 8.16. The van der Waals surface area contributed by atoms with Crippen molar-refractivity contribution in [2.45, 2.75) is 13.7 Å². The van der Waals surface area contributed by atoms with Crippen LogP contribution in [0, 0.1) is 6.92 Å². The van der Waals surface area contributed by atoms with Crippen LogP contribution in [0.25, 0.3) is 0 Å². The van der Waals surface area contributed by atoms with Gasteiger partial charge in [-0.05, 0) is 25.1 Å². The quantitative estimate of drug-likeness (QED) is 0.874. The Morgan fingerprint density at radius 1 is 1.41 bits per heavy atom. The van der Waals surface area contributed by atoms with Crippen LogP contribution in [0.15, 0.2) is 36.4 Å². The van der Waals surface area contributed by atoms with Crippen LogP contribution >= 0.6 is 0 Å². The molecule has 0 saturated heterocycles. The lowest BCUT2D eigenvalue weighted by atomic mass is 10.3. The minimum atomic E-state index is -1.04. The van der Waals surface area contributed by atoms with Gasteiger partial charge in [-0.3, -0.25) is 0 Å². The molecule has 0 spiro atoms. The number of rotatable bonds is 4. The fraction of sp³-hybridized carbons (Fsp3) is 0.167. The number of aromatic carboxylic acids is 1. The zero-order valence-corrected chi connectivity index (χ0v) is 9.33. The summed E-state index contributed by atoms with van der Waals surface area (Å²) in [6.45, 7) is 1.98. The maximum atomic E-state index is 10.7. The standard InChI is InChI=1S/C12H12N2O3/c1-9-7-11(12(15)16)13-14(9)8-17-10-5-3-2-4-6-10/h2-7H,8H2,1H3,(H,15,16). The number of carboxylic acid groups (broad SMARTS) is 1. The van der Waals surface area contributed by atoms with Gasteiger partial charge in [0.05, 0.1) is 0 Å². The molecule has 2 rings (SSSR count). The maximum absolute atomic E-state index is 10.7. The summed E-state index contributed by atoms with van der Waals surface area (Å²) in [5, 5.41) is 12.7. The first kappa shape index (κ1) is 11.2. The Labute approximate surface area is 98.3 Å². The molecule has 0 atom stereocenters. The third-order valence-corrected chi connectivity index (χ3v) is 2.30. The highest BCUT2D eigenvalue weighted by atomic mass is 16.5. The van der Waals surface area contributed by atoms with E-state index in [1.54, 1.807) is 6.92 Å². The second kappa shape index (κ2) is 4.69. The zero-order chi connectivity index (χ0) is 12.3. The van der Waals surface area contributed by atoms with E-state index in [9.17, 15) is 4.79 Å². The molecule has 0 aliphatic heterocycles. The number of nitrogens with zero attached hydrogens (tertiary/aromatic N) is 2. The van der Waals surface area contributed by atoms with E-state index in [4.69, 9.17) is 9.84 Å². The number of aryl methyl sites for hydroxylation is 1. The van der Waals surface area contributed by atoms with Gasteiger partial charge >= 0.3 is 5.97 Å². The third-order valence-electron chi connectivity index (χ3n) is 2.30. The Balaban J connectivity index is 2.07. The number of carbonyl (C=O) groups is 1. The van der Waals surface area contributed by atoms with Crippen molar-refractivity contribution in [3.05, 3.63) is 47.8 Å². The number of hydrogen-bond donors (Lipinski definition) is 1. The number of ether oxygens (including phenoxy) is 1. The Morgan fingerprint density at radius 2 is 2.12 bits per heavy atom. The molecule has 88 valence electrons. The van der Waals surface area contributed by atoms with Gasteiger partial charge in [0, 0.05) is 5.69 Å². The van der Waals surface area contributed by atoms with Crippen molar-refractivity contribution in [2.24, 2.45) is 0 Å². The predicted molar refractivity (Wildman–Crippen MR) is 61.0 cm³/mol. The molecular formula is C12H12N2O3. The molecule has 0 aliphatic carbocycles. The lowest BCUT2D eigenvalue weighted by Crippen LogP contribution is -2.09. The van der Waals surface area contributed by atoms with E-state index in [1.165, 1.54) is 10.7 Å². The van der Waals surface area contributed by atoms with E-state index in [0.717, 1.165) is 11.4 Å². The molecule has 5 nitrogen and oxygen atoms in total. The fourth-order valence-corrected chi connectivity index (χ4v) is 1.40. The van der Waals surface area contributed by atoms with Crippen molar-refractivity contribution in [3.63, 3.8) is 0 Å². The summed E-state index contributed by atoms with van der Waals surface area (Å²) < 4.78 is 6.98. The molecule has 0 aliphatic rings. The van der Waals surface area contributed by atoms with Crippen molar-refractivity contribution in [3.8, 4) is 5.75 Å². The van der Waals surface area contributed by atoms with E-state index in [2.05, 4.69) is 5.10 Å². The highest BCUT2D eigenvalue weighted by Gasteiger charge is 2.10. The normalized spacial score (nSPS) is 10.2. The molecule has 1 aromatic heterocycles. The molecular weight excluding hydrogens is 220 g/mol. The van der Waals surface area contributed by atoms with Crippen LogP contribution in [0.5, 0.6) is 5.75 Å². The number of benzene rings is 1. The van der Waals surface area contributed by atoms with E-state index in [-0.39, 0.29) is 12.4 Å². The van der Waals surface area contributed by atoms with Crippen LogP contribution in [0.3, 0.4) is 0 Å². The molecule has 17 heavy (non-hydrogen) atoms. The zero-order valence-electron chi connectivity index (χ0n) is 9.33. The number of carboxylic acids is 1. The van der Waals surface area contributed by atoms with E-state index < -0.39 is 5.97 Å². The van der Waals surface area contributed by atoms with Crippen molar-refractivity contribution in [1.29, 1.82) is 0 Å². The maximum Gasteiger partial charge on any atom is 0.356 e. The van der Waals surface area contributed by atoms with Crippen LogP contribution in [0.1, 0.15) is 16.2 Å². The second-order valence-electron chi connectivity index (χ2n) is 3.56. The topological polar surface area (TPSA) is 64.3 Å². The molecule has 2 aromatic rings. The molecule has 0 unspecified atom stereocenters. The van der Waals surface area contributed by atoms with Gasteiger partial charge in [-0.1, -0.05) is 18.2 Å². The molecule has 1 N–H and O–H groups in total. The largest absolute Gasteiger partial charge is 0.476 e. The van der Waals surface area contributed by atoms with E-state index in [1.807, 2.05) is 30.3 Å². The third kappa shape index (κ3) is 2.63. The lowest BCUT2D eigenvalue weighted by Gasteiger charge is -2.07. The summed E-state index contributed by atoms with van der Waals surface area (Å²) in [4.78, 5) is 10.7. The average molecular weight is 232 g/mol. The van der Waals surface area contributed by atoms with Crippen molar-refractivity contribution in [1.82, 2.24) is 9.78 Å². The van der Waals surface area contributed by atoms with Gasteiger partial charge in [0.25, 0.3) is 0 Å². The van der Waals surface area contributed by atoms with Crippen molar-refractivity contribution in [2.75, 3.05) is 0 Å². The molecule has 5 heteroatoms. The minimum absolute atomic E-state index is 0.0270. The summed E-state index contributed by atoms with van der Waals surface area (Å²) in [5.74, 6) is -0.314. The minimum Gasteiger partial charge on any atom is -0.476 e. The summed E-state index contributed by atoms with van der Waals surface area (Å²) in [6.07, 6.45) is 0. The van der Waals surface area contributed by atoms with Crippen molar-refractivity contribution >= 4 is 5.97 Å². The van der Waals surface area contributed by atoms with Gasteiger partial charge in [0.1, 0.15) is 5.75 Å². The molecule has 1 aromatic carbocycles. The van der Waals surface area contributed by atoms with Gasteiger partial charge < -0.3 is 9.84 Å². The molecule has 0 radical (unpaired) electrons. The van der Waals surface area contributed by atoms with Crippen LogP contribution in [-0.4, -0.2) is 20.9 Å². The lowest BCUT2D eigenvalue weighted by molar-refractivity contribution is 0.0688. The average Bonchev–Trinajstić information content (AvgIpc) is 2.70. The molecule has 1 heterocycles. The number of aromatic nitrogens is 2. The highest BCUT2D eigenvalue weighted by molar-refractivity contribution is 5.85. The van der Waals surface area contributed by atoms with Gasteiger partial charge in [-0.15, -0.1) is 0 Å². The Kier molecular flexibility index (Phi) is 3.09. The van der Waals surface area contributed by atoms with Crippen molar-refractivity contribution < 1.29 is 14.6 Å². The first-order valence-corrected chi connectivity index (χ1v) is 5.12. The molecule has 0 amide bonds. The summed E-state index contributed by atoms with van der Waals surface area (Å²) in [5.41, 5.74) is 0.775. The van der Waals surface area contributed by atoms with Crippen LogP contribution in [0.4, 0.5) is 0 Å². The monoisotopic (exact) mass is 232 g/mol. The Hall–Kier alpha value is -2.30. The molecule has 0 bridgehead atoms. The predicted octanol–water partition coefficient (Wildman–Crippen LogP) is 1.93. The van der Waals surface area contributed by atoms with Crippen LogP contribution < -0.4 is 4.74 Å². The highest BCUT2D eigenvalue weighted by Crippen LogP contribution is 2.10. The summed E-state index contributed by atoms with van der Waals surface area (Å²) in [6, 6.07) is 10.8. The van der Waals surface area contributed by atoms with E-state index in [0.29, 0.717) is 0 Å². The van der Waals surface area contributed by atoms with Gasteiger partial charge in [-0.2, -0.15) is 5.10 Å². The molecule has 0 fully saturated rings. The first-order valence-electron chi connectivity index (χ1n) is 5.12. The Bertz CT molecular complexity index is 520. The fourth-order valence-electron chi connectivity index (χ4n) is 1.40. The van der Waals surface area contributed by atoms with Crippen LogP contribution in [-0.2, 0) is 6.73 Å². The number of hydrogen-bond acceptors (Lipinski definition) is 3. The van der Waals surface area contributed by atoms with Gasteiger partial charge in [-0.25, -0.2) is 9.48 Å². The smallest absolute Gasteiger partial charge is 0.356 e. The van der Waals surface area contributed by atoms with E-state index >= 15 is 0 Å². The number of para-hydroxylation sites is 1. The van der Waals surface area contributed by atoms with Crippen LogP contribution in [0.2, 0.25) is 0 Å². The van der Waals surface area contributed by atoms with Gasteiger partial charge in [0.2, 0.25) is 0 Å². The summed E-state index contributed by atoms with van der Waals surface area (Å²) >= 11 is 0.